The molecule has 0 atom stereocenters. The van der Waals surface area contributed by atoms with Gasteiger partial charge in [-0.05, 0) is 12.1 Å². The molecule has 0 spiro atoms. The third-order valence-corrected chi connectivity index (χ3v) is 1.31. The Balaban J connectivity index is -0.000000180. The maximum Gasteiger partial charge on any atom is 3.00 e. The molecule has 1 aromatic heterocycles. The van der Waals surface area contributed by atoms with E-state index in [0.29, 0.717) is 0 Å². The van der Waals surface area contributed by atoms with Gasteiger partial charge in [-0.15, -0.1) is 0 Å². The zero-order valence-corrected chi connectivity index (χ0v) is 12.0. The molecule has 0 aromatic carbocycles. The van der Waals surface area contributed by atoms with Crippen LogP contribution in [0, 0.1) is 0 Å². The second-order valence-electron chi connectivity index (χ2n) is 2.26. The van der Waals surface area contributed by atoms with Crippen LogP contribution in [0.15, 0.2) is 28.2 Å². The van der Waals surface area contributed by atoms with Crippen molar-refractivity contribution < 1.29 is 54.0 Å². The molecule has 0 radical (unpaired) electrons. The van der Waals surface area contributed by atoms with Crippen LogP contribution in [-0.4, -0.2) is 31.5 Å². The largest absolute Gasteiger partial charge is 3.00 e. The predicted octanol–water partition coefficient (Wildman–Crippen LogP) is -7.81. The Kier molecular flexibility index (Phi) is 23.1. The van der Waals surface area contributed by atoms with Gasteiger partial charge < -0.3 is 37.2 Å². The van der Waals surface area contributed by atoms with Crippen LogP contribution >= 0.6 is 0 Å². The molecule has 0 saturated heterocycles. The van der Waals surface area contributed by atoms with Gasteiger partial charge in [0.25, 0.3) is 0 Å². The first-order valence-electron chi connectivity index (χ1n) is 3.68. The van der Waals surface area contributed by atoms with Gasteiger partial charge in [-0.25, -0.2) is 4.98 Å². The van der Waals surface area contributed by atoms with Crippen molar-refractivity contribution in [2.24, 2.45) is 9.98 Å². The van der Waals surface area contributed by atoms with Crippen molar-refractivity contribution in [3.05, 3.63) is 29.6 Å². The van der Waals surface area contributed by atoms with Gasteiger partial charge >= 0.3 is 16.8 Å². The Labute approximate surface area is 125 Å². The molecule has 0 aliphatic heterocycles. The molecule has 16 heavy (non-hydrogen) atoms. The van der Waals surface area contributed by atoms with Crippen molar-refractivity contribution >= 4 is 12.4 Å². The molecule has 1 heterocycles. The van der Waals surface area contributed by atoms with Gasteiger partial charge in [0, 0.05) is 26.5 Å². The van der Waals surface area contributed by atoms with Crippen LogP contribution in [-0.2, 0) is 16.8 Å². The Bertz CT molecular complexity index is 291. The predicted molar refractivity (Wildman–Crippen MR) is 51.3 cm³/mol. The summed E-state index contributed by atoms with van der Waals surface area (Å²) in [6, 6.07) is 5.74. The van der Waals surface area contributed by atoms with Gasteiger partial charge in [0.2, 0.25) is 0 Å². The van der Waals surface area contributed by atoms with E-state index in [1.54, 1.807) is 26.5 Å². The van der Waals surface area contributed by atoms with Gasteiger partial charge in [-0.3, -0.25) is 9.98 Å². The topological polar surface area (TPSA) is 37.6 Å². The number of aliphatic imine (C=N–C) groups is 2. The summed E-state index contributed by atoms with van der Waals surface area (Å²) in [5.41, 5.74) is 1.71. The standard InChI is InChI=1S/C9H11N3.3ClH.Co/c1-10-6-8-4-3-5-9(12-8)7-11-2;;;;/h3-7H,1-2H3;3*1H;/q;;;;+3/p-3. The minimum Gasteiger partial charge on any atom is -1.00 e. The van der Waals surface area contributed by atoms with Crippen molar-refractivity contribution in [3.8, 4) is 0 Å². The number of nitrogens with zero attached hydrogens (tertiary/aromatic N) is 3. The number of hydrogen-bond donors (Lipinski definition) is 0. The molecule has 3 nitrogen and oxygen atoms in total. The van der Waals surface area contributed by atoms with E-state index in [1.165, 1.54) is 0 Å². The van der Waals surface area contributed by atoms with Gasteiger partial charge in [0.1, 0.15) is 0 Å². The molecule has 0 unspecified atom stereocenters. The third-order valence-electron chi connectivity index (χ3n) is 1.31. The van der Waals surface area contributed by atoms with E-state index in [0.717, 1.165) is 11.4 Å². The summed E-state index contributed by atoms with van der Waals surface area (Å²) in [5.74, 6) is 0. The molecule has 1 aromatic rings. The maximum absolute atomic E-state index is 4.25. The number of pyridine rings is 1. The van der Waals surface area contributed by atoms with Gasteiger partial charge in [0.05, 0.1) is 11.4 Å². The minimum atomic E-state index is 0. The van der Waals surface area contributed by atoms with E-state index in [4.69, 9.17) is 0 Å². The third kappa shape index (κ3) is 9.12. The summed E-state index contributed by atoms with van der Waals surface area (Å²) in [5, 5.41) is 0. The molecule has 0 aliphatic carbocycles. The molecule has 0 N–H and O–H groups in total. The first kappa shape index (κ1) is 24.9. The molecule has 92 valence electrons. The van der Waals surface area contributed by atoms with Crippen molar-refractivity contribution in [1.82, 2.24) is 4.98 Å². The molecule has 7 heteroatoms. The first-order valence-corrected chi connectivity index (χ1v) is 3.68. The number of hydrogen-bond acceptors (Lipinski definition) is 3. The summed E-state index contributed by atoms with van der Waals surface area (Å²) < 4.78 is 0. The monoisotopic (exact) mass is 325 g/mol. The minimum absolute atomic E-state index is 0. The fourth-order valence-electron chi connectivity index (χ4n) is 0.877. The molecule has 0 saturated carbocycles. The van der Waals surface area contributed by atoms with Crippen LogP contribution in [0.4, 0.5) is 0 Å². The van der Waals surface area contributed by atoms with E-state index in [9.17, 15) is 0 Å². The molecular formula is C9H11Cl3CoN3. The fraction of sp³-hybridized carbons (Fsp3) is 0.222. The molecule has 1 rings (SSSR count). The smallest absolute Gasteiger partial charge is 1.00 e. The average Bonchev–Trinajstić information content (AvgIpc) is 2.06. The normalized spacial score (nSPS) is 8.62. The van der Waals surface area contributed by atoms with Crippen LogP contribution in [0.25, 0.3) is 0 Å². The second kappa shape index (κ2) is 14.9. The van der Waals surface area contributed by atoms with E-state index in [-0.39, 0.29) is 54.0 Å². The summed E-state index contributed by atoms with van der Waals surface area (Å²) in [6.45, 7) is 0. The van der Waals surface area contributed by atoms with Crippen molar-refractivity contribution in [3.63, 3.8) is 0 Å². The maximum atomic E-state index is 4.25. The first-order chi connectivity index (χ1) is 5.86. The zero-order chi connectivity index (χ0) is 8.81. The molecule has 0 amide bonds. The number of halogens is 3. The second-order valence-corrected chi connectivity index (χ2v) is 2.26. The van der Waals surface area contributed by atoms with E-state index in [1.807, 2.05) is 18.2 Å². The molecule has 0 aliphatic rings. The van der Waals surface area contributed by atoms with Crippen molar-refractivity contribution in [2.45, 2.75) is 0 Å². The van der Waals surface area contributed by atoms with Crippen LogP contribution in [0.5, 0.6) is 0 Å². The summed E-state index contributed by atoms with van der Waals surface area (Å²) >= 11 is 0. The van der Waals surface area contributed by atoms with Crippen LogP contribution in [0.3, 0.4) is 0 Å². The van der Waals surface area contributed by atoms with Gasteiger partial charge in [-0.2, -0.15) is 0 Å². The van der Waals surface area contributed by atoms with E-state index >= 15 is 0 Å². The average molecular weight is 326 g/mol. The number of rotatable bonds is 2. The van der Waals surface area contributed by atoms with Crippen LogP contribution in [0.2, 0.25) is 0 Å². The van der Waals surface area contributed by atoms with Crippen molar-refractivity contribution in [2.75, 3.05) is 14.1 Å². The molecule has 0 fully saturated rings. The Morgan fingerprint density at radius 1 is 0.938 bits per heavy atom. The summed E-state index contributed by atoms with van der Waals surface area (Å²) in [4.78, 5) is 12.0. The molecule has 0 bridgehead atoms. The van der Waals surface area contributed by atoms with Crippen LogP contribution in [0.1, 0.15) is 11.4 Å². The van der Waals surface area contributed by atoms with E-state index < -0.39 is 0 Å². The van der Waals surface area contributed by atoms with E-state index in [2.05, 4.69) is 15.0 Å². The Morgan fingerprint density at radius 3 is 1.62 bits per heavy atom. The Morgan fingerprint density at radius 2 is 1.31 bits per heavy atom. The van der Waals surface area contributed by atoms with Gasteiger partial charge in [0.15, 0.2) is 0 Å². The Hall–Kier alpha value is -0.134. The van der Waals surface area contributed by atoms with Gasteiger partial charge in [-0.1, -0.05) is 6.07 Å². The van der Waals surface area contributed by atoms with Crippen LogP contribution < -0.4 is 37.2 Å². The quantitative estimate of drug-likeness (QED) is 0.498. The summed E-state index contributed by atoms with van der Waals surface area (Å²) in [7, 11) is 3.45. The van der Waals surface area contributed by atoms with Crippen molar-refractivity contribution in [1.29, 1.82) is 0 Å². The zero-order valence-electron chi connectivity index (χ0n) is 8.70. The SMILES string of the molecule is CN=Cc1cccc(C=NC)n1.[Cl-].[Cl-].[Cl-].[Co+3]. The number of aromatic nitrogens is 1. The fourth-order valence-corrected chi connectivity index (χ4v) is 0.877. The summed E-state index contributed by atoms with van der Waals surface area (Å²) in [6.07, 6.45) is 3.43. The molecular weight excluding hydrogens is 315 g/mol.